The molecule has 0 N–H and O–H groups in total. The Hall–Kier alpha value is -3.79. The molecule has 1 saturated heterocycles. The number of aryl methyl sites for hydroxylation is 1. The number of carbonyl (C=O) groups excluding carboxylic acids is 3. The normalized spacial score (nSPS) is 15.2. The summed E-state index contributed by atoms with van der Waals surface area (Å²) in [6, 6.07) is 8.54. The summed E-state index contributed by atoms with van der Waals surface area (Å²) in [6.45, 7) is 7.54. The number of aromatic nitrogens is 1. The molecular formula is C28H27BrN4O5. The second-order valence-corrected chi connectivity index (χ2v) is 10.9. The van der Waals surface area contributed by atoms with Crippen LogP contribution in [0.2, 0.25) is 0 Å². The summed E-state index contributed by atoms with van der Waals surface area (Å²) in [6.07, 6.45) is 3.92. The Morgan fingerprint density at radius 2 is 1.95 bits per heavy atom. The highest BCUT2D eigenvalue weighted by Crippen LogP contribution is 2.32. The van der Waals surface area contributed by atoms with E-state index >= 15 is 0 Å². The summed E-state index contributed by atoms with van der Waals surface area (Å²) in [5.41, 5.74) is 4.19. The van der Waals surface area contributed by atoms with Crippen molar-refractivity contribution >= 4 is 50.1 Å². The molecule has 0 bridgehead atoms. The van der Waals surface area contributed by atoms with Gasteiger partial charge in [-0.1, -0.05) is 28.6 Å². The zero-order valence-electron chi connectivity index (χ0n) is 21.0. The van der Waals surface area contributed by atoms with Gasteiger partial charge in [0, 0.05) is 72.2 Å². The first-order chi connectivity index (χ1) is 18.1. The van der Waals surface area contributed by atoms with Gasteiger partial charge >= 0.3 is 0 Å². The van der Waals surface area contributed by atoms with Crippen LogP contribution in [0.5, 0.6) is 0 Å². The van der Waals surface area contributed by atoms with E-state index in [-0.39, 0.29) is 35.7 Å². The first-order valence-corrected chi connectivity index (χ1v) is 13.2. The monoisotopic (exact) mass is 578 g/mol. The summed E-state index contributed by atoms with van der Waals surface area (Å²) in [7, 11) is 0. The number of fused-ring (bicyclic) bond motifs is 2. The molecule has 2 aromatic carbocycles. The molecule has 0 unspecified atom stereocenters. The lowest BCUT2D eigenvalue weighted by atomic mass is 9.94. The van der Waals surface area contributed by atoms with Gasteiger partial charge in [-0.05, 0) is 48.2 Å². The van der Waals surface area contributed by atoms with Crippen molar-refractivity contribution in [2.75, 3.05) is 19.6 Å². The number of nitro benzene ring substituents is 1. The van der Waals surface area contributed by atoms with Crippen LogP contribution >= 0.6 is 15.9 Å². The van der Waals surface area contributed by atoms with E-state index in [1.54, 1.807) is 26.6 Å². The fourth-order valence-corrected chi connectivity index (χ4v) is 6.24. The zero-order valence-corrected chi connectivity index (χ0v) is 22.6. The number of hydrogen-bond acceptors (Lipinski definition) is 5. The maximum atomic E-state index is 13.7. The van der Waals surface area contributed by atoms with Crippen LogP contribution in [0.3, 0.4) is 0 Å². The maximum absolute atomic E-state index is 13.7. The highest BCUT2D eigenvalue weighted by atomic mass is 79.9. The quantitative estimate of drug-likeness (QED) is 0.234. The fraction of sp³-hybridized carbons (Fsp3) is 0.321. The van der Waals surface area contributed by atoms with Gasteiger partial charge in [0.2, 0.25) is 5.91 Å². The second kappa shape index (κ2) is 10.2. The Morgan fingerprint density at radius 1 is 1.18 bits per heavy atom. The summed E-state index contributed by atoms with van der Waals surface area (Å²) in [5.74, 6) is -0.297. The number of halogens is 1. The van der Waals surface area contributed by atoms with E-state index in [1.165, 1.54) is 23.8 Å². The van der Waals surface area contributed by atoms with Gasteiger partial charge in [-0.2, -0.15) is 0 Å². The Labute approximate surface area is 228 Å². The second-order valence-electron chi connectivity index (χ2n) is 10.0. The first-order valence-electron chi connectivity index (χ1n) is 12.4. The molecular weight excluding hydrogens is 552 g/mol. The van der Waals surface area contributed by atoms with Gasteiger partial charge in [-0.15, -0.1) is 0 Å². The first kappa shape index (κ1) is 25.8. The fourth-order valence-electron chi connectivity index (χ4n) is 5.42. The Kier molecular flexibility index (Phi) is 6.92. The third-order valence-electron chi connectivity index (χ3n) is 7.32. The van der Waals surface area contributed by atoms with Gasteiger partial charge in [-0.25, -0.2) is 0 Å². The van der Waals surface area contributed by atoms with Crippen molar-refractivity contribution < 1.29 is 19.3 Å². The lowest BCUT2D eigenvalue weighted by Gasteiger charge is -2.38. The SMILES string of the molecule is C=CC(=O)N1CC(CC(=O)Cn2cc(C(=O)N3CCc4c(Br)cc(C)cc4C3)c3cc([N+](=O)[O-])ccc32)C1. The number of nitro groups is 1. The van der Waals surface area contributed by atoms with Crippen LogP contribution in [0, 0.1) is 23.0 Å². The Balaban J connectivity index is 1.40. The van der Waals surface area contributed by atoms with Gasteiger partial charge in [0.25, 0.3) is 11.6 Å². The van der Waals surface area contributed by atoms with E-state index in [9.17, 15) is 24.5 Å². The number of ketones is 1. The van der Waals surface area contributed by atoms with E-state index in [4.69, 9.17) is 0 Å². The number of benzene rings is 2. The van der Waals surface area contributed by atoms with Gasteiger partial charge in [0.15, 0.2) is 5.78 Å². The van der Waals surface area contributed by atoms with E-state index in [0.29, 0.717) is 55.5 Å². The minimum absolute atomic E-state index is 0.0258. The molecule has 5 rings (SSSR count). The number of likely N-dealkylation sites (tertiary alicyclic amines) is 1. The molecule has 38 heavy (non-hydrogen) atoms. The summed E-state index contributed by atoms with van der Waals surface area (Å²) in [4.78, 5) is 52.7. The van der Waals surface area contributed by atoms with Crippen LogP contribution in [0.15, 0.2) is 53.7 Å². The standard InChI is InChI=1S/C28H27BrN4O5/c1-3-27(35)32-12-18(13-32)10-21(34)15-31-16-24(23-11-20(33(37)38)4-5-26(23)31)28(36)30-7-6-22-19(14-30)8-17(2)9-25(22)29/h3-5,8-9,11,16,18H,1,6-7,10,12-15H2,2H3. The molecule has 0 saturated carbocycles. The van der Waals surface area contributed by atoms with E-state index in [1.807, 2.05) is 6.92 Å². The lowest BCUT2D eigenvalue weighted by molar-refractivity contribution is -0.384. The molecule has 10 heteroatoms. The van der Waals surface area contributed by atoms with E-state index in [2.05, 4.69) is 34.6 Å². The topological polar surface area (TPSA) is 106 Å². The number of carbonyl (C=O) groups is 3. The third kappa shape index (κ3) is 4.88. The highest BCUT2D eigenvalue weighted by Gasteiger charge is 2.31. The molecule has 9 nitrogen and oxygen atoms in total. The number of amides is 2. The van der Waals surface area contributed by atoms with Crippen molar-refractivity contribution in [1.29, 1.82) is 0 Å². The minimum atomic E-state index is -0.486. The lowest BCUT2D eigenvalue weighted by Crippen LogP contribution is -2.50. The molecule has 0 radical (unpaired) electrons. The van der Waals surface area contributed by atoms with E-state index < -0.39 is 4.92 Å². The molecule has 2 aliphatic rings. The Bertz CT molecular complexity index is 1500. The number of rotatable bonds is 7. The molecule has 1 fully saturated rings. The average Bonchev–Trinajstić information content (AvgIpc) is 3.21. The van der Waals surface area contributed by atoms with Crippen LogP contribution in [-0.4, -0.2) is 56.5 Å². The zero-order chi connectivity index (χ0) is 27.1. The summed E-state index contributed by atoms with van der Waals surface area (Å²) < 4.78 is 2.74. The predicted octanol–water partition coefficient (Wildman–Crippen LogP) is 4.42. The molecule has 3 aromatic rings. The van der Waals surface area contributed by atoms with Crippen molar-refractivity contribution in [3.63, 3.8) is 0 Å². The van der Waals surface area contributed by atoms with Crippen LogP contribution in [0.4, 0.5) is 5.69 Å². The average molecular weight is 579 g/mol. The van der Waals surface area contributed by atoms with Crippen molar-refractivity contribution in [1.82, 2.24) is 14.4 Å². The largest absolute Gasteiger partial charge is 0.339 e. The van der Waals surface area contributed by atoms with Crippen LogP contribution < -0.4 is 0 Å². The summed E-state index contributed by atoms with van der Waals surface area (Å²) in [5, 5.41) is 11.9. The molecule has 1 aromatic heterocycles. The molecule has 0 atom stereocenters. The van der Waals surface area contributed by atoms with Gasteiger partial charge < -0.3 is 14.4 Å². The Morgan fingerprint density at radius 3 is 2.66 bits per heavy atom. The molecule has 0 aliphatic carbocycles. The molecule has 3 heterocycles. The van der Waals surface area contributed by atoms with Crippen LogP contribution in [0.25, 0.3) is 10.9 Å². The molecule has 196 valence electrons. The van der Waals surface area contributed by atoms with Gasteiger partial charge in [-0.3, -0.25) is 24.5 Å². The number of nitrogens with zero attached hydrogens (tertiary/aromatic N) is 4. The predicted molar refractivity (Wildman–Crippen MR) is 146 cm³/mol. The molecule has 0 spiro atoms. The van der Waals surface area contributed by atoms with Crippen molar-refractivity contribution in [3.05, 3.63) is 86.0 Å². The van der Waals surface area contributed by atoms with Crippen LogP contribution in [-0.2, 0) is 29.1 Å². The van der Waals surface area contributed by atoms with Crippen LogP contribution in [0.1, 0.15) is 33.5 Å². The maximum Gasteiger partial charge on any atom is 0.270 e. The summed E-state index contributed by atoms with van der Waals surface area (Å²) >= 11 is 3.63. The van der Waals surface area contributed by atoms with Gasteiger partial charge in [0.1, 0.15) is 0 Å². The van der Waals surface area contributed by atoms with E-state index in [0.717, 1.165) is 15.6 Å². The highest BCUT2D eigenvalue weighted by molar-refractivity contribution is 9.10. The van der Waals surface area contributed by atoms with Crippen molar-refractivity contribution in [2.24, 2.45) is 5.92 Å². The third-order valence-corrected chi connectivity index (χ3v) is 8.03. The molecule has 2 aliphatic heterocycles. The molecule has 2 amide bonds. The minimum Gasteiger partial charge on any atom is -0.339 e. The number of hydrogen-bond donors (Lipinski definition) is 0. The number of non-ortho nitro benzene ring substituents is 1. The smallest absolute Gasteiger partial charge is 0.270 e. The van der Waals surface area contributed by atoms with Crippen molar-refractivity contribution in [2.45, 2.75) is 32.9 Å². The van der Waals surface area contributed by atoms with Gasteiger partial charge in [0.05, 0.1) is 17.0 Å². The van der Waals surface area contributed by atoms with Crippen molar-refractivity contribution in [3.8, 4) is 0 Å². The number of Topliss-reactive ketones (excluding diaryl/α,β-unsaturated/α-hetero) is 1.